The molecule has 9 nitrogen and oxygen atoms in total. The zero-order chi connectivity index (χ0) is 30.9. The molecular formula is C30H26ClF3N4O5. The summed E-state index contributed by atoms with van der Waals surface area (Å²) in [6, 6.07) is 6.86. The van der Waals surface area contributed by atoms with Crippen LogP contribution in [0.1, 0.15) is 64.6 Å². The summed E-state index contributed by atoms with van der Waals surface area (Å²) in [5.74, 6) is -0.837. The number of H-pyrrole nitrogens is 1. The molecular weight excluding hydrogens is 589 g/mol. The van der Waals surface area contributed by atoms with Gasteiger partial charge in [-0.15, -0.1) is 0 Å². The minimum atomic E-state index is -4.70. The monoisotopic (exact) mass is 614 g/mol. The van der Waals surface area contributed by atoms with E-state index < -0.39 is 34.7 Å². The molecule has 5 rings (SSSR count). The van der Waals surface area contributed by atoms with Crippen LogP contribution >= 0.6 is 11.6 Å². The van der Waals surface area contributed by atoms with E-state index in [1.165, 1.54) is 12.1 Å². The number of aromatic nitrogens is 1. The maximum Gasteiger partial charge on any atom is 0.417 e. The summed E-state index contributed by atoms with van der Waals surface area (Å²) >= 11 is 5.65. The number of carbonyl (C=O) groups excluding carboxylic acids is 4. The first kappa shape index (κ1) is 29.9. The fourth-order valence-electron chi connectivity index (χ4n) is 5.20. The summed E-state index contributed by atoms with van der Waals surface area (Å²) < 4.78 is 44.6. The van der Waals surface area contributed by atoms with Gasteiger partial charge in [-0.05, 0) is 74.2 Å². The number of hydrogen-bond donors (Lipinski definition) is 4. The normalized spacial score (nSPS) is 15.1. The summed E-state index contributed by atoms with van der Waals surface area (Å²) in [6.45, 7) is 1.94. The summed E-state index contributed by atoms with van der Waals surface area (Å²) in [6.07, 6.45) is -1.05. The van der Waals surface area contributed by atoms with E-state index in [2.05, 4.69) is 20.9 Å². The van der Waals surface area contributed by atoms with Gasteiger partial charge in [0, 0.05) is 52.4 Å². The number of esters is 1. The third-order valence-electron chi connectivity index (χ3n) is 7.09. The van der Waals surface area contributed by atoms with E-state index in [0.717, 1.165) is 17.8 Å². The molecule has 0 radical (unpaired) electrons. The summed E-state index contributed by atoms with van der Waals surface area (Å²) in [4.78, 5) is 53.8. The van der Waals surface area contributed by atoms with Crippen molar-refractivity contribution >= 4 is 64.0 Å². The van der Waals surface area contributed by atoms with Gasteiger partial charge < -0.3 is 25.7 Å². The van der Waals surface area contributed by atoms with Gasteiger partial charge in [0.1, 0.15) is 0 Å². The average molecular weight is 615 g/mol. The quantitative estimate of drug-likeness (QED) is 0.171. The van der Waals surface area contributed by atoms with E-state index in [4.69, 9.17) is 16.3 Å². The number of alkyl halides is 3. The Morgan fingerprint density at radius 3 is 2.51 bits per heavy atom. The van der Waals surface area contributed by atoms with Gasteiger partial charge in [-0.1, -0.05) is 11.6 Å². The van der Waals surface area contributed by atoms with Gasteiger partial charge in [0.15, 0.2) is 5.78 Å². The summed E-state index contributed by atoms with van der Waals surface area (Å²) in [5.41, 5.74) is 2.73. The van der Waals surface area contributed by atoms with Crippen LogP contribution in [-0.4, -0.2) is 35.3 Å². The third-order valence-corrected chi connectivity index (χ3v) is 7.42. The molecule has 0 saturated carbocycles. The molecule has 13 heteroatoms. The van der Waals surface area contributed by atoms with E-state index in [1.54, 1.807) is 25.1 Å². The first-order valence-electron chi connectivity index (χ1n) is 13.5. The molecule has 0 spiro atoms. The molecule has 2 heterocycles. The Bertz CT molecular complexity index is 1680. The maximum absolute atomic E-state index is 13.2. The predicted molar refractivity (Wildman–Crippen MR) is 155 cm³/mol. The second kappa shape index (κ2) is 12.0. The molecule has 1 aliphatic heterocycles. The second-order valence-electron chi connectivity index (χ2n) is 10.00. The minimum absolute atomic E-state index is 0.0298. The highest BCUT2D eigenvalue weighted by atomic mass is 35.5. The van der Waals surface area contributed by atoms with Crippen LogP contribution in [0.15, 0.2) is 36.4 Å². The number of nitrogens with one attached hydrogen (secondary N) is 4. The summed E-state index contributed by atoms with van der Waals surface area (Å²) in [5, 5.41) is 7.17. The standard InChI is InChI=1S/C30H26ClF3N4O5/c1-2-43-26(40)11-8-17-24(37-23-4-3-5-25(39)27(17)23)14-19-18-12-15(7-10-22(18)38-28(19)41)35-29(42)36-16-6-9-21(31)20(13-16)30(32,33)34/h6-7,9-10,12-14,37H,2-5,8,11H2,1H3,(H,38,41)(H2,35,36,42). The van der Waals surface area contributed by atoms with Crippen LogP contribution in [-0.2, 0) is 33.3 Å². The van der Waals surface area contributed by atoms with Crippen LogP contribution < -0.4 is 16.0 Å². The molecule has 0 atom stereocenters. The summed E-state index contributed by atoms with van der Waals surface area (Å²) in [7, 11) is 0. The number of ketones is 1. The zero-order valence-electron chi connectivity index (χ0n) is 22.8. The van der Waals surface area contributed by atoms with Gasteiger partial charge in [0.25, 0.3) is 5.91 Å². The topological polar surface area (TPSA) is 129 Å². The number of fused-ring (bicyclic) bond motifs is 2. The number of carbonyl (C=O) groups is 4. The highest BCUT2D eigenvalue weighted by molar-refractivity contribution is 6.35. The molecule has 2 aromatic carbocycles. The van der Waals surface area contributed by atoms with Crippen molar-refractivity contribution in [1.29, 1.82) is 0 Å². The van der Waals surface area contributed by atoms with Gasteiger partial charge in [0.05, 0.1) is 22.8 Å². The number of amides is 3. The van der Waals surface area contributed by atoms with Gasteiger partial charge in [0.2, 0.25) is 0 Å². The molecule has 0 unspecified atom stereocenters. The lowest BCUT2D eigenvalue weighted by molar-refractivity contribution is -0.143. The van der Waals surface area contributed by atoms with Crippen LogP contribution in [0.2, 0.25) is 5.02 Å². The van der Waals surface area contributed by atoms with Gasteiger partial charge >= 0.3 is 18.2 Å². The van der Waals surface area contributed by atoms with Crippen LogP contribution in [0.3, 0.4) is 0 Å². The minimum Gasteiger partial charge on any atom is -0.466 e. The average Bonchev–Trinajstić information content (AvgIpc) is 3.45. The number of Topliss-reactive ketones (excluding diaryl/α,β-unsaturated/α-hetero) is 1. The number of rotatable bonds is 7. The van der Waals surface area contributed by atoms with E-state index in [9.17, 15) is 32.3 Å². The molecule has 1 aromatic heterocycles. The Labute approximate surface area is 248 Å². The molecule has 2 aliphatic rings. The Morgan fingerprint density at radius 2 is 1.79 bits per heavy atom. The van der Waals surface area contributed by atoms with Crippen molar-refractivity contribution in [3.8, 4) is 0 Å². The van der Waals surface area contributed by atoms with Crippen LogP contribution in [0, 0.1) is 0 Å². The first-order valence-corrected chi connectivity index (χ1v) is 13.9. The van der Waals surface area contributed by atoms with E-state index >= 15 is 0 Å². The molecule has 224 valence electrons. The highest BCUT2D eigenvalue weighted by Gasteiger charge is 2.34. The lowest BCUT2D eigenvalue weighted by Crippen LogP contribution is -2.20. The van der Waals surface area contributed by atoms with Crippen molar-refractivity contribution in [1.82, 2.24) is 4.98 Å². The Kier molecular flexibility index (Phi) is 8.32. The first-order chi connectivity index (χ1) is 20.4. The number of ether oxygens (including phenoxy) is 1. The SMILES string of the molecule is CCOC(=O)CCc1c(C=C2C(=O)Nc3ccc(NC(=O)Nc4ccc(Cl)c(C(F)(F)F)c4)cc32)[nH]c2c1C(=O)CCC2. The molecule has 3 aromatic rings. The van der Waals surface area contributed by atoms with Gasteiger partial charge in [-0.3, -0.25) is 14.4 Å². The third kappa shape index (κ3) is 6.43. The van der Waals surface area contributed by atoms with Crippen LogP contribution in [0.4, 0.5) is 35.0 Å². The zero-order valence-corrected chi connectivity index (χ0v) is 23.6. The Hall–Kier alpha value is -4.58. The smallest absolute Gasteiger partial charge is 0.417 e. The largest absolute Gasteiger partial charge is 0.466 e. The maximum atomic E-state index is 13.2. The Morgan fingerprint density at radius 1 is 1.07 bits per heavy atom. The fourth-order valence-corrected chi connectivity index (χ4v) is 5.43. The molecule has 43 heavy (non-hydrogen) atoms. The number of anilines is 3. The van der Waals surface area contributed by atoms with Crippen LogP contribution in [0.5, 0.6) is 0 Å². The second-order valence-corrected chi connectivity index (χ2v) is 10.4. The Balaban J connectivity index is 1.41. The number of aromatic amines is 1. The van der Waals surface area contributed by atoms with Crippen molar-refractivity contribution in [2.45, 2.75) is 45.2 Å². The molecule has 0 fully saturated rings. The van der Waals surface area contributed by atoms with Crippen molar-refractivity contribution in [3.05, 3.63) is 75.1 Å². The van der Waals surface area contributed by atoms with Gasteiger partial charge in [-0.25, -0.2) is 4.79 Å². The van der Waals surface area contributed by atoms with E-state index in [0.29, 0.717) is 47.3 Å². The number of halogens is 4. The molecule has 4 N–H and O–H groups in total. The molecule has 3 amide bonds. The van der Waals surface area contributed by atoms with Crippen molar-refractivity contribution in [3.63, 3.8) is 0 Å². The molecule has 0 saturated heterocycles. The van der Waals surface area contributed by atoms with E-state index in [1.807, 2.05) is 0 Å². The van der Waals surface area contributed by atoms with E-state index in [-0.39, 0.29) is 42.2 Å². The van der Waals surface area contributed by atoms with Crippen molar-refractivity contribution < 1.29 is 37.1 Å². The lowest BCUT2D eigenvalue weighted by Gasteiger charge is -2.13. The van der Waals surface area contributed by atoms with Crippen molar-refractivity contribution in [2.75, 3.05) is 22.6 Å². The number of benzene rings is 2. The number of hydrogen-bond acceptors (Lipinski definition) is 5. The van der Waals surface area contributed by atoms with Crippen molar-refractivity contribution in [2.24, 2.45) is 0 Å². The number of urea groups is 1. The fraction of sp³-hybridized carbons (Fsp3) is 0.267. The molecule has 1 aliphatic carbocycles. The molecule has 0 bridgehead atoms. The predicted octanol–water partition coefficient (Wildman–Crippen LogP) is 6.84. The van der Waals surface area contributed by atoms with Gasteiger partial charge in [-0.2, -0.15) is 13.2 Å². The lowest BCUT2D eigenvalue weighted by atomic mass is 9.91. The van der Waals surface area contributed by atoms with Crippen LogP contribution in [0.25, 0.3) is 11.6 Å². The number of aryl methyl sites for hydroxylation is 1. The highest BCUT2D eigenvalue weighted by Crippen LogP contribution is 2.38.